The molecule has 0 saturated heterocycles. The molecule has 2 aliphatic carbocycles. The molecule has 1 atom stereocenters. The number of hydrogen-bond donors (Lipinski definition) is 1. The van der Waals surface area contributed by atoms with Gasteiger partial charge in [0.1, 0.15) is 5.84 Å². The fourth-order valence-corrected chi connectivity index (χ4v) is 5.93. The number of fused-ring (bicyclic) bond motifs is 3. The molecule has 33 heavy (non-hydrogen) atoms. The van der Waals surface area contributed by atoms with E-state index < -0.39 is 17.4 Å². The number of hydrogen-bond acceptors (Lipinski definition) is 5. The summed E-state index contributed by atoms with van der Waals surface area (Å²) in [5.74, 6) is 0.386. The molecule has 0 radical (unpaired) electrons. The lowest BCUT2D eigenvalue weighted by Gasteiger charge is -2.44. The van der Waals surface area contributed by atoms with Crippen LogP contribution >= 0.6 is 0 Å². The maximum absolute atomic E-state index is 13.3. The number of benzene rings is 1. The topological polar surface area (TPSA) is 72.9 Å². The first kappa shape index (κ1) is 22.1. The highest BCUT2D eigenvalue weighted by atomic mass is 19.4. The van der Waals surface area contributed by atoms with E-state index in [1.807, 2.05) is 19.9 Å². The van der Waals surface area contributed by atoms with Gasteiger partial charge in [-0.3, -0.25) is 9.98 Å². The molecule has 1 unspecified atom stereocenters. The van der Waals surface area contributed by atoms with Crippen LogP contribution in [0.3, 0.4) is 0 Å². The first-order valence-corrected chi connectivity index (χ1v) is 11.4. The minimum atomic E-state index is -4.45. The Morgan fingerprint density at radius 3 is 2.55 bits per heavy atom. The maximum atomic E-state index is 13.3. The molecule has 1 aliphatic heterocycles. The van der Waals surface area contributed by atoms with Crippen LogP contribution in [-0.2, 0) is 23.0 Å². The smallest absolute Gasteiger partial charge is 0.383 e. The second-order valence-corrected chi connectivity index (χ2v) is 9.36. The van der Waals surface area contributed by atoms with E-state index in [1.165, 1.54) is 6.20 Å². The summed E-state index contributed by atoms with van der Waals surface area (Å²) in [5, 5.41) is 0. The summed E-state index contributed by atoms with van der Waals surface area (Å²) in [4.78, 5) is 13.6. The standard InChI is InChI=1S/C25H27F3N4O/c1-3-33-19-4-6-23(7-5-19)11-16-8-15(2)20(10-21(16)24(23)31-14-22(29)32-24)17-9-18(13-30-12-17)25(26,27)28/h8-10,12-14,19H,3-7,11H2,1-2H3,(H2,29,32). The predicted octanol–water partition coefficient (Wildman–Crippen LogP) is 5.19. The van der Waals surface area contributed by atoms with Gasteiger partial charge in [0, 0.05) is 35.5 Å². The number of amidine groups is 1. The number of ether oxygens (including phenoxy) is 1. The molecular weight excluding hydrogens is 429 g/mol. The fraction of sp³-hybridized carbons (Fsp3) is 0.480. The van der Waals surface area contributed by atoms with E-state index in [0.29, 0.717) is 23.6 Å². The van der Waals surface area contributed by atoms with Crippen molar-refractivity contribution in [3.63, 3.8) is 0 Å². The minimum Gasteiger partial charge on any atom is -0.383 e. The lowest BCUT2D eigenvalue weighted by Crippen LogP contribution is -2.43. The van der Waals surface area contributed by atoms with Crippen molar-refractivity contribution in [3.05, 3.63) is 52.8 Å². The van der Waals surface area contributed by atoms with Gasteiger partial charge in [-0.2, -0.15) is 13.2 Å². The van der Waals surface area contributed by atoms with Crippen LogP contribution in [0.15, 0.2) is 40.6 Å². The Bertz CT molecular complexity index is 1150. The largest absolute Gasteiger partial charge is 0.417 e. The molecule has 8 heteroatoms. The molecule has 0 amide bonds. The normalized spacial score (nSPS) is 28.5. The van der Waals surface area contributed by atoms with Gasteiger partial charge in [-0.1, -0.05) is 6.07 Å². The van der Waals surface area contributed by atoms with E-state index >= 15 is 0 Å². The van der Waals surface area contributed by atoms with Gasteiger partial charge >= 0.3 is 6.18 Å². The second kappa shape index (κ2) is 7.65. The maximum Gasteiger partial charge on any atom is 0.417 e. The SMILES string of the molecule is CCOC1CCC2(CC1)Cc1cc(C)c(-c3cncc(C(F)(F)F)c3)cc1C21N=CC(N)=N1. The molecule has 2 aromatic rings. The van der Waals surface area contributed by atoms with Crippen molar-refractivity contribution in [1.29, 1.82) is 0 Å². The van der Waals surface area contributed by atoms with Crippen LogP contribution in [0.4, 0.5) is 13.2 Å². The summed E-state index contributed by atoms with van der Waals surface area (Å²) in [7, 11) is 0. The molecule has 174 valence electrons. The average Bonchev–Trinajstić information content (AvgIpc) is 3.28. The van der Waals surface area contributed by atoms with Crippen molar-refractivity contribution < 1.29 is 17.9 Å². The van der Waals surface area contributed by atoms with Gasteiger partial charge in [0.25, 0.3) is 0 Å². The number of rotatable bonds is 3. The molecule has 3 aliphatic rings. The van der Waals surface area contributed by atoms with Crippen LogP contribution in [0.25, 0.3) is 11.1 Å². The quantitative estimate of drug-likeness (QED) is 0.691. The Morgan fingerprint density at radius 1 is 1.15 bits per heavy atom. The molecule has 0 bridgehead atoms. The summed E-state index contributed by atoms with van der Waals surface area (Å²) < 4.78 is 45.8. The van der Waals surface area contributed by atoms with Gasteiger partial charge in [0.15, 0.2) is 5.66 Å². The highest BCUT2D eigenvalue weighted by Crippen LogP contribution is 2.62. The van der Waals surface area contributed by atoms with E-state index in [1.54, 1.807) is 6.21 Å². The van der Waals surface area contributed by atoms with Crippen LogP contribution in [-0.4, -0.2) is 29.7 Å². The van der Waals surface area contributed by atoms with Crippen molar-refractivity contribution in [2.45, 2.75) is 63.9 Å². The third kappa shape index (κ3) is 3.46. The average molecular weight is 457 g/mol. The van der Waals surface area contributed by atoms with Crippen LogP contribution in [0.1, 0.15) is 54.9 Å². The van der Waals surface area contributed by atoms with Crippen molar-refractivity contribution in [3.8, 4) is 11.1 Å². The number of aromatic nitrogens is 1. The molecule has 1 saturated carbocycles. The predicted molar refractivity (Wildman–Crippen MR) is 121 cm³/mol. The number of pyridine rings is 1. The third-order valence-corrected chi connectivity index (χ3v) is 7.44. The number of aryl methyl sites for hydroxylation is 1. The lowest BCUT2D eigenvalue weighted by molar-refractivity contribution is -0.137. The zero-order chi connectivity index (χ0) is 23.4. The van der Waals surface area contributed by atoms with Crippen LogP contribution < -0.4 is 5.73 Å². The van der Waals surface area contributed by atoms with Gasteiger partial charge in [0.2, 0.25) is 0 Å². The van der Waals surface area contributed by atoms with Gasteiger partial charge < -0.3 is 10.5 Å². The van der Waals surface area contributed by atoms with E-state index in [2.05, 4.69) is 11.1 Å². The van der Waals surface area contributed by atoms with Gasteiger partial charge in [-0.25, -0.2) is 4.99 Å². The van der Waals surface area contributed by atoms with Gasteiger partial charge in [0.05, 0.1) is 17.9 Å². The molecule has 5 nitrogen and oxygen atoms in total. The minimum absolute atomic E-state index is 0.211. The van der Waals surface area contributed by atoms with Crippen LogP contribution in [0.2, 0.25) is 0 Å². The molecule has 5 rings (SSSR count). The second-order valence-electron chi connectivity index (χ2n) is 9.36. The Kier molecular flexibility index (Phi) is 5.12. The Morgan fingerprint density at radius 2 is 1.91 bits per heavy atom. The van der Waals surface area contributed by atoms with Gasteiger partial charge in [-0.05, 0) is 74.8 Å². The molecule has 1 fully saturated rings. The Hall–Kier alpha value is -2.74. The van der Waals surface area contributed by atoms with Crippen molar-refractivity contribution in [2.75, 3.05) is 6.61 Å². The summed E-state index contributed by atoms with van der Waals surface area (Å²) in [6.07, 6.45) is 4.22. The monoisotopic (exact) mass is 456 g/mol. The zero-order valence-electron chi connectivity index (χ0n) is 18.7. The molecule has 1 aromatic heterocycles. The summed E-state index contributed by atoms with van der Waals surface area (Å²) in [5.41, 5.74) is 8.42. The summed E-state index contributed by atoms with van der Waals surface area (Å²) in [6.45, 7) is 4.63. The summed E-state index contributed by atoms with van der Waals surface area (Å²) >= 11 is 0. The molecule has 2 N–H and O–H groups in total. The highest BCUT2D eigenvalue weighted by Gasteiger charge is 2.60. The number of halogens is 3. The van der Waals surface area contributed by atoms with Crippen molar-refractivity contribution in [1.82, 2.24) is 4.98 Å². The molecular formula is C25H27F3N4O. The van der Waals surface area contributed by atoms with E-state index in [4.69, 9.17) is 20.5 Å². The Labute approximate surface area is 191 Å². The number of nitrogens with two attached hydrogens (primary N) is 1. The van der Waals surface area contributed by atoms with E-state index in [-0.39, 0.29) is 11.5 Å². The molecule has 1 aromatic carbocycles. The first-order chi connectivity index (χ1) is 15.7. The number of nitrogens with zero attached hydrogens (tertiary/aromatic N) is 3. The number of aliphatic imine (C=N–C) groups is 2. The third-order valence-electron chi connectivity index (χ3n) is 7.44. The zero-order valence-corrected chi connectivity index (χ0v) is 18.7. The Balaban J connectivity index is 1.61. The van der Waals surface area contributed by atoms with Crippen LogP contribution in [0.5, 0.6) is 0 Å². The lowest BCUT2D eigenvalue weighted by atomic mass is 9.65. The molecule has 2 heterocycles. The summed E-state index contributed by atoms with van der Waals surface area (Å²) in [6, 6.07) is 5.20. The van der Waals surface area contributed by atoms with Crippen molar-refractivity contribution in [2.24, 2.45) is 21.1 Å². The fourth-order valence-electron chi connectivity index (χ4n) is 5.93. The first-order valence-electron chi connectivity index (χ1n) is 11.4. The number of alkyl halides is 3. The van der Waals surface area contributed by atoms with E-state index in [9.17, 15) is 13.2 Å². The highest BCUT2D eigenvalue weighted by molar-refractivity contribution is 6.30. The van der Waals surface area contributed by atoms with Gasteiger partial charge in [-0.15, -0.1) is 0 Å². The van der Waals surface area contributed by atoms with E-state index in [0.717, 1.165) is 61.1 Å². The van der Waals surface area contributed by atoms with Crippen LogP contribution in [0, 0.1) is 12.3 Å². The van der Waals surface area contributed by atoms with Crippen molar-refractivity contribution >= 4 is 12.1 Å². The molecule has 2 spiro atoms.